The van der Waals surface area contributed by atoms with Crippen LogP contribution < -0.4 is 0 Å². The molecule has 1 aliphatic rings. The summed E-state index contributed by atoms with van der Waals surface area (Å²) in [4.78, 5) is 7.21. The van der Waals surface area contributed by atoms with Gasteiger partial charge in [0, 0.05) is 57.6 Å². The van der Waals surface area contributed by atoms with Crippen molar-refractivity contribution in [3.8, 4) is 0 Å². The summed E-state index contributed by atoms with van der Waals surface area (Å²) >= 11 is 0. The molecule has 0 radical (unpaired) electrons. The number of piperazine rings is 1. The molecule has 1 fully saturated rings. The van der Waals surface area contributed by atoms with Crippen LogP contribution in [0.25, 0.3) is 11.0 Å². The summed E-state index contributed by atoms with van der Waals surface area (Å²) in [7, 11) is -1.40. The van der Waals surface area contributed by atoms with Gasteiger partial charge in [-0.1, -0.05) is 6.07 Å². The number of fused-ring (bicyclic) bond motifs is 1. The highest BCUT2D eigenvalue weighted by Crippen LogP contribution is 2.22. The van der Waals surface area contributed by atoms with E-state index in [9.17, 15) is 8.42 Å². The van der Waals surface area contributed by atoms with Crippen LogP contribution in [0.2, 0.25) is 0 Å². The van der Waals surface area contributed by atoms with Gasteiger partial charge in [-0.3, -0.25) is 0 Å². The molecule has 29 heavy (non-hydrogen) atoms. The molecule has 1 aliphatic heterocycles. The minimum atomic E-state index is -3.43. The van der Waals surface area contributed by atoms with E-state index in [0.717, 1.165) is 42.8 Å². The Morgan fingerprint density at radius 2 is 1.72 bits per heavy atom. The Morgan fingerprint density at radius 3 is 2.41 bits per heavy atom. The minimum Gasteiger partial charge on any atom is -0.335 e. The van der Waals surface area contributed by atoms with Gasteiger partial charge in [0.2, 0.25) is 10.0 Å². The molecule has 7 heteroatoms. The molecule has 0 atom stereocenters. The molecule has 2 aromatic heterocycles. The molecule has 1 saturated heterocycles. The summed E-state index contributed by atoms with van der Waals surface area (Å²) in [5, 5.41) is 1.20. The normalized spacial score (nSPS) is 16.5. The molecule has 1 aromatic carbocycles. The lowest BCUT2D eigenvalue weighted by molar-refractivity contribution is 0.190. The lowest BCUT2D eigenvalue weighted by Gasteiger charge is -2.34. The van der Waals surface area contributed by atoms with Gasteiger partial charge in [0.1, 0.15) is 5.65 Å². The molecule has 0 amide bonds. The first kappa shape index (κ1) is 20.1. The van der Waals surface area contributed by atoms with Crippen molar-refractivity contribution in [3.63, 3.8) is 0 Å². The molecule has 0 bridgehead atoms. The Balaban J connectivity index is 1.39. The summed E-state index contributed by atoms with van der Waals surface area (Å²) in [6.07, 6.45) is 4.91. The summed E-state index contributed by atoms with van der Waals surface area (Å²) in [6.45, 7) is 7.38. The van der Waals surface area contributed by atoms with Gasteiger partial charge in [0.05, 0.1) is 4.90 Å². The summed E-state index contributed by atoms with van der Waals surface area (Å²) in [5.41, 5.74) is 4.26. The lowest BCUT2D eigenvalue weighted by atomic mass is 10.1. The molecular formula is C22H28N4O2S. The number of hydrogen-bond acceptors (Lipinski definition) is 4. The van der Waals surface area contributed by atoms with Gasteiger partial charge in [0.15, 0.2) is 0 Å². The number of benzene rings is 1. The van der Waals surface area contributed by atoms with Crippen molar-refractivity contribution < 1.29 is 8.42 Å². The predicted octanol–water partition coefficient (Wildman–Crippen LogP) is 2.74. The average Bonchev–Trinajstić information content (AvgIpc) is 3.02. The monoisotopic (exact) mass is 412 g/mol. The van der Waals surface area contributed by atoms with E-state index in [2.05, 4.69) is 26.7 Å². The first-order chi connectivity index (χ1) is 13.8. The first-order valence-electron chi connectivity index (χ1n) is 10.0. The molecule has 0 spiro atoms. The SMILES string of the molecule is Cc1cc(C)cc(S(=O)(=O)N2CCN(CCc3cn(C)c4ncccc34)CC2)c1. The molecule has 3 heterocycles. The van der Waals surface area contributed by atoms with Gasteiger partial charge in [-0.05, 0) is 61.2 Å². The van der Waals surface area contributed by atoms with Crippen LogP contribution in [0, 0.1) is 13.8 Å². The maximum atomic E-state index is 13.0. The van der Waals surface area contributed by atoms with E-state index >= 15 is 0 Å². The van der Waals surface area contributed by atoms with Gasteiger partial charge in [-0.15, -0.1) is 0 Å². The van der Waals surface area contributed by atoms with Gasteiger partial charge in [0.25, 0.3) is 0 Å². The second kappa shape index (κ2) is 7.89. The third-order valence-corrected chi connectivity index (χ3v) is 7.55. The predicted molar refractivity (Wildman–Crippen MR) is 116 cm³/mol. The zero-order valence-corrected chi connectivity index (χ0v) is 18.1. The van der Waals surface area contributed by atoms with E-state index in [1.54, 1.807) is 16.4 Å². The molecule has 3 aromatic rings. The van der Waals surface area contributed by atoms with Crippen LogP contribution in [0.3, 0.4) is 0 Å². The number of hydrogen-bond donors (Lipinski definition) is 0. The molecule has 154 valence electrons. The fraction of sp³-hybridized carbons (Fsp3) is 0.409. The van der Waals surface area contributed by atoms with E-state index < -0.39 is 10.0 Å². The van der Waals surface area contributed by atoms with Crippen molar-refractivity contribution >= 4 is 21.1 Å². The second-order valence-corrected chi connectivity index (χ2v) is 9.90. The summed E-state index contributed by atoms with van der Waals surface area (Å²) < 4.78 is 29.7. The zero-order chi connectivity index (χ0) is 20.6. The smallest absolute Gasteiger partial charge is 0.243 e. The highest BCUT2D eigenvalue weighted by molar-refractivity contribution is 7.89. The Hall–Kier alpha value is -2.22. The number of sulfonamides is 1. The average molecular weight is 413 g/mol. The quantitative estimate of drug-likeness (QED) is 0.647. The third-order valence-electron chi connectivity index (χ3n) is 5.68. The van der Waals surface area contributed by atoms with Crippen LogP contribution >= 0.6 is 0 Å². The number of aryl methyl sites for hydroxylation is 3. The minimum absolute atomic E-state index is 0.409. The fourth-order valence-electron chi connectivity index (χ4n) is 4.20. The third kappa shape index (κ3) is 4.08. The number of aromatic nitrogens is 2. The highest BCUT2D eigenvalue weighted by Gasteiger charge is 2.28. The van der Waals surface area contributed by atoms with Gasteiger partial charge >= 0.3 is 0 Å². The molecule has 0 aliphatic carbocycles. The van der Waals surface area contributed by atoms with Crippen LogP contribution in [-0.2, 0) is 23.5 Å². The van der Waals surface area contributed by atoms with Gasteiger partial charge in [-0.2, -0.15) is 4.31 Å². The van der Waals surface area contributed by atoms with E-state index in [1.165, 1.54) is 10.9 Å². The van der Waals surface area contributed by atoms with Crippen LogP contribution in [-0.4, -0.2) is 59.9 Å². The van der Waals surface area contributed by atoms with Gasteiger partial charge in [-0.25, -0.2) is 13.4 Å². The highest BCUT2D eigenvalue weighted by atomic mass is 32.2. The van der Waals surface area contributed by atoms with Crippen molar-refractivity contribution in [2.75, 3.05) is 32.7 Å². The molecule has 6 nitrogen and oxygen atoms in total. The number of nitrogens with zero attached hydrogens (tertiary/aromatic N) is 4. The van der Waals surface area contributed by atoms with E-state index in [1.807, 2.05) is 39.2 Å². The maximum Gasteiger partial charge on any atom is 0.243 e. The Labute approximate surface area is 172 Å². The Kier molecular flexibility index (Phi) is 5.46. The van der Waals surface area contributed by atoms with Crippen LogP contribution in [0.15, 0.2) is 47.6 Å². The van der Waals surface area contributed by atoms with Gasteiger partial charge < -0.3 is 9.47 Å². The summed E-state index contributed by atoms with van der Waals surface area (Å²) in [5.74, 6) is 0. The molecule has 4 rings (SSSR count). The van der Waals surface area contributed by atoms with E-state index in [4.69, 9.17) is 0 Å². The molecular weight excluding hydrogens is 384 g/mol. The summed E-state index contributed by atoms with van der Waals surface area (Å²) in [6, 6.07) is 9.63. The zero-order valence-electron chi connectivity index (χ0n) is 17.3. The van der Waals surface area contributed by atoms with Crippen LogP contribution in [0.5, 0.6) is 0 Å². The van der Waals surface area contributed by atoms with E-state index in [0.29, 0.717) is 18.0 Å². The van der Waals surface area contributed by atoms with Crippen LogP contribution in [0.4, 0.5) is 0 Å². The van der Waals surface area contributed by atoms with Crippen molar-refractivity contribution in [3.05, 3.63) is 59.4 Å². The van der Waals surface area contributed by atoms with Crippen molar-refractivity contribution in [1.82, 2.24) is 18.8 Å². The van der Waals surface area contributed by atoms with Crippen LogP contribution in [0.1, 0.15) is 16.7 Å². The molecule has 0 unspecified atom stereocenters. The number of rotatable bonds is 5. The van der Waals surface area contributed by atoms with Crippen molar-refractivity contribution in [2.24, 2.45) is 7.05 Å². The largest absolute Gasteiger partial charge is 0.335 e. The maximum absolute atomic E-state index is 13.0. The Morgan fingerprint density at radius 1 is 1.03 bits per heavy atom. The van der Waals surface area contributed by atoms with E-state index in [-0.39, 0.29) is 0 Å². The standard InChI is InChI=1S/C22H28N4O2S/c1-17-13-18(2)15-20(14-17)29(27,28)26-11-9-25(10-12-26)8-6-19-16-24(3)22-21(19)5-4-7-23-22/h4-5,7,13-16H,6,8-12H2,1-3H3. The lowest BCUT2D eigenvalue weighted by Crippen LogP contribution is -2.49. The second-order valence-electron chi connectivity index (χ2n) is 7.96. The molecule has 0 N–H and O–H groups in total. The Bertz CT molecular complexity index is 1110. The molecule has 0 saturated carbocycles. The topological polar surface area (TPSA) is 58.4 Å². The number of pyridine rings is 1. The fourth-order valence-corrected chi connectivity index (χ4v) is 5.81. The van der Waals surface area contributed by atoms with Crippen molar-refractivity contribution in [1.29, 1.82) is 0 Å². The first-order valence-corrected chi connectivity index (χ1v) is 11.5. The van der Waals surface area contributed by atoms with Crippen molar-refractivity contribution in [2.45, 2.75) is 25.2 Å².